The van der Waals surface area contributed by atoms with Gasteiger partial charge in [0.1, 0.15) is 5.82 Å². The van der Waals surface area contributed by atoms with Gasteiger partial charge in [-0.1, -0.05) is 52.7 Å². The third-order valence-electron chi connectivity index (χ3n) is 3.31. The number of halogens is 3. The maximum Gasteiger partial charge on any atom is 0.124 e. The van der Waals surface area contributed by atoms with Crippen molar-refractivity contribution in [3.8, 4) is 0 Å². The number of nitrogens with one attached hydrogen (secondary N) is 1. The summed E-state index contributed by atoms with van der Waals surface area (Å²) in [6.07, 6.45) is 1.85. The van der Waals surface area contributed by atoms with Crippen LogP contribution in [-0.2, 0) is 6.42 Å². The maximum absolute atomic E-state index is 13.2. The van der Waals surface area contributed by atoms with Crippen LogP contribution >= 0.6 is 27.5 Å². The van der Waals surface area contributed by atoms with Gasteiger partial charge in [-0.15, -0.1) is 0 Å². The Bertz CT molecular complexity index is 603. The lowest BCUT2D eigenvalue weighted by Gasteiger charge is -2.20. The highest BCUT2D eigenvalue weighted by atomic mass is 79.9. The van der Waals surface area contributed by atoms with E-state index in [1.54, 1.807) is 6.07 Å². The van der Waals surface area contributed by atoms with Gasteiger partial charge in [-0.25, -0.2) is 4.39 Å². The first-order chi connectivity index (χ1) is 10.1. The van der Waals surface area contributed by atoms with Gasteiger partial charge in [0.25, 0.3) is 0 Å². The molecule has 0 amide bonds. The van der Waals surface area contributed by atoms with Crippen LogP contribution in [0.1, 0.15) is 30.5 Å². The summed E-state index contributed by atoms with van der Waals surface area (Å²) in [4.78, 5) is 0. The van der Waals surface area contributed by atoms with Crippen LogP contribution in [0.5, 0.6) is 0 Å². The zero-order valence-electron chi connectivity index (χ0n) is 11.9. The minimum Gasteiger partial charge on any atom is -0.310 e. The van der Waals surface area contributed by atoms with Gasteiger partial charge in [0.15, 0.2) is 0 Å². The number of hydrogen-bond donors (Lipinski definition) is 1. The molecule has 1 N–H and O–H groups in total. The molecule has 21 heavy (non-hydrogen) atoms. The van der Waals surface area contributed by atoms with Gasteiger partial charge in [0, 0.05) is 15.5 Å². The average Bonchev–Trinajstić information content (AvgIpc) is 2.44. The zero-order chi connectivity index (χ0) is 15.2. The Hall–Kier alpha value is -0.900. The fourth-order valence-corrected chi connectivity index (χ4v) is 3.04. The van der Waals surface area contributed by atoms with Gasteiger partial charge in [-0.3, -0.25) is 0 Å². The summed E-state index contributed by atoms with van der Waals surface area (Å²) < 4.78 is 14.3. The summed E-state index contributed by atoms with van der Waals surface area (Å²) in [7, 11) is 0. The van der Waals surface area contributed by atoms with E-state index < -0.39 is 0 Å². The standard InChI is InChI=1S/C17H18BrClFN/c1-2-8-21-17(10-12-4-3-5-13(18)9-12)15-7-6-14(20)11-16(15)19/h3-7,9,11,17,21H,2,8,10H2,1H3. The smallest absolute Gasteiger partial charge is 0.124 e. The lowest BCUT2D eigenvalue weighted by atomic mass is 9.98. The Kier molecular flexibility index (Phi) is 6.22. The molecule has 1 unspecified atom stereocenters. The van der Waals surface area contributed by atoms with Crippen LogP contribution in [0.15, 0.2) is 46.9 Å². The van der Waals surface area contributed by atoms with Crippen molar-refractivity contribution in [3.05, 3.63) is 68.9 Å². The molecule has 112 valence electrons. The van der Waals surface area contributed by atoms with Crippen molar-refractivity contribution in [1.82, 2.24) is 5.32 Å². The van der Waals surface area contributed by atoms with Crippen LogP contribution in [0.4, 0.5) is 4.39 Å². The van der Waals surface area contributed by atoms with Gasteiger partial charge in [0.05, 0.1) is 0 Å². The van der Waals surface area contributed by atoms with Crippen molar-refractivity contribution in [2.45, 2.75) is 25.8 Å². The second-order valence-corrected chi connectivity index (χ2v) is 6.33. The van der Waals surface area contributed by atoms with Gasteiger partial charge >= 0.3 is 0 Å². The quantitative estimate of drug-likeness (QED) is 0.705. The highest BCUT2D eigenvalue weighted by molar-refractivity contribution is 9.10. The van der Waals surface area contributed by atoms with E-state index in [4.69, 9.17) is 11.6 Å². The van der Waals surface area contributed by atoms with Crippen molar-refractivity contribution < 1.29 is 4.39 Å². The van der Waals surface area contributed by atoms with E-state index in [9.17, 15) is 4.39 Å². The predicted octanol–water partition coefficient (Wildman–Crippen LogP) is 5.53. The minimum absolute atomic E-state index is 0.0762. The van der Waals surface area contributed by atoms with Crippen molar-refractivity contribution in [1.29, 1.82) is 0 Å². The van der Waals surface area contributed by atoms with Crippen molar-refractivity contribution in [2.75, 3.05) is 6.54 Å². The molecule has 0 radical (unpaired) electrons. The zero-order valence-corrected chi connectivity index (χ0v) is 14.2. The minimum atomic E-state index is -0.305. The van der Waals surface area contributed by atoms with E-state index >= 15 is 0 Å². The molecule has 1 nitrogen and oxygen atoms in total. The summed E-state index contributed by atoms with van der Waals surface area (Å²) in [5, 5.41) is 3.96. The van der Waals surface area contributed by atoms with Crippen LogP contribution in [-0.4, -0.2) is 6.54 Å². The van der Waals surface area contributed by atoms with E-state index in [0.717, 1.165) is 29.4 Å². The molecule has 1 atom stereocenters. The molecule has 0 fully saturated rings. The Morgan fingerprint density at radius 1 is 1.24 bits per heavy atom. The van der Waals surface area contributed by atoms with Crippen LogP contribution in [0.25, 0.3) is 0 Å². The van der Waals surface area contributed by atoms with Crippen LogP contribution in [0, 0.1) is 5.82 Å². The number of benzene rings is 2. The molecule has 4 heteroatoms. The van der Waals surface area contributed by atoms with E-state index in [2.05, 4.69) is 40.3 Å². The first-order valence-electron chi connectivity index (χ1n) is 7.03. The molecule has 0 saturated carbocycles. The topological polar surface area (TPSA) is 12.0 Å². The largest absolute Gasteiger partial charge is 0.310 e. The molecule has 0 aliphatic rings. The highest BCUT2D eigenvalue weighted by Crippen LogP contribution is 2.27. The van der Waals surface area contributed by atoms with Crippen molar-refractivity contribution >= 4 is 27.5 Å². The first-order valence-corrected chi connectivity index (χ1v) is 8.20. The Morgan fingerprint density at radius 3 is 2.71 bits per heavy atom. The average molecular weight is 371 g/mol. The summed E-state index contributed by atoms with van der Waals surface area (Å²) in [5.41, 5.74) is 2.14. The fourth-order valence-electron chi connectivity index (χ4n) is 2.29. The molecule has 2 rings (SSSR count). The molecule has 0 aliphatic carbocycles. The predicted molar refractivity (Wildman–Crippen MR) is 90.3 cm³/mol. The van der Waals surface area contributed by atoms with Crippen LogP contribution in [0.3, 0.4) is 0 Å². The molecule has 2 aromatic carbocycles. The van der Waals surface area contributed by atoms with E-state index in [1.807, 2.05) is 12.1 Å². The summed E-state index contributed by atoms with van der Waals surface area (Å²) in [6.45, 7) is 3.02. The lowest BCUT2D eigenvalue weighted by molar-refractivity contribution is 0.527. The van der Waals surface area contributed by atoms with E-state index in [-0.39, 0.29) is 11.9 Å². The maximum atomic E-state index is 13.2. The van der Waals surface area contributed by atoms with Crippen molar-refractivity contribution in [2.24, 2.45) is 0 Å². The van der Waals surface area contributed by atoms with Gasteiger partial charge < -0.3 is 5.32 Å². The molecule has 0 spiro atoms. The molecule has 0 saturated heterocycles. The van der Waals surface area contributed by atoms with Crippen LogP contribution < -0.4 is 5.32 Å². The second kappa shape index (κ2) is 7.92. The molecule has 2 aromatic rings. The normalized spacial score (nSPS) is 12.4. The third-order valence-corrected chi connectivity index (χ3v) is 4.13. The molecular formula is C17H18BrClFN. The van der Waals surface area contributed by atoms with Crippen molar-refractivity contribution in [3.63, 3.8) is 0 Å². The molecule has 0 aromatic heterocycles. The first kappa shape index (κ1) is 16.5. The SMILES string of the molecule is CCCNC(Cc1cccc(Br)c1)c1ccc(F)cc1Cl. The molecule has 0 heterocycles. The molecular weight excluding hydrogens is 353 g/mol. The summed E-state index contributed by atoms with van der Waals surface area (Å²) >= 11 is 9.70. The van der Waals surface area contributed by atoms with E-state index in [1.165, 1.54) is 17.7 Å². The Labute approximate surface area is 138 Å². The van der Waals surface area contributed by atoms with Gasteiger partial charge in [0.2, 0.25) is 0 Å². The summed E-state index contributed by atoms with van der Waals surface area (Å²) in [5.74, 6) is -0.305. The lowest BCUT2D eigenvalue weighted by Crippen LogP contribution is -2.24. The van der Waals surface area contributed by atoms with Gasteiger partial charge in [-0.05, 0) is 54.8 Å². The Balaban J connectivity index is 2.25. The monoisotopic (exact) mass is 369 g/mol. The number of rotatable bonds is 6. The Morgan fingerprint density at radius 2 is 2.05 bits per heavy atom. The van der Waals surface area contributed by atoms with E-state index in [0.29, 0.717) is 5.02 Å². The molecule has 0 bridgehead atoms. The third kappa shape index (κ3) is 4.80. The molecule has 0 aliphatic heterocycles. The highest BCUT2D eigenvalue weighted by Gasteiger charge is 2.15. The number of hydrogen-bond acceptors (Lipinski definition) is 1. The fraction of sp³-hybridized carbons (Fsp3) is 0.294. The van der Waals surface area contributed by atoms with Crippen LogP contribution in [0.2, 0.25) is 5.02 Å². The summed E-state index contributed by atoms with van der Waals surface area (Å²) in [6, 6.07) is 12.9. The van der Waals surface area contributed by atoms with Gasteiger partial charge in [-0.2, -0.15) is 0 Å². The second-order valence-electron chi connectivity index (χ2n) is 5.01.